The van der Waals surface area contributed by atoms with E-state index in [1.165, 1.54) is 0 Å². The molecule has 2 nitrogen and oxygen atoms in total. The second-order valence-corrected chi connectivity index (χ2v) is 7.29. The summed E-state index contributed by atoms with van der Waals surface area (Å²) >= 11 is 0. The number of nitriles is 1. The summed E-state index contributed by atoms with van der Waals surface area (Å²) in [4.78, 5) is 12.7. The second-order valence-electron chi connectivity index (χ2n) is 7.29. The minimum Gasteiger partial charge on any atom is -0.298 e. The first-order chi connectivity index (χ1) is 9.93. The molecule has 0 spiro atoms. The van der Waals surface area contributed by atoms with Gasteiger partial charge in [0.25, 0.3) is 0 Å². The van der Waals surface area contributed by atoms with Crippen molar-refractivity contribution in [1.82, 2.24) is 0 Å². The zero-order chi connectivity index (χ0) is 15.5. The molecule has 0 aromatic heterocycles. The van der Waals surface area contributed by atoms with Crippen LogP contribution in [0.5, 0.6) is 0 Å². The third-order valence-electron chi connectivity index (χ3n) is 4.90. The lowest BCUT2D eigenvalue weighted by Crippen LogP contribution is -2.30. The molecule has 1 unspecified atom stereocenters. The lowest BCUT2D eigenvalue weighted by Gasteiger charge is -2.36. The minimum absolute atomic E-state index is 0.0634. The highest BCUT2D eigenvalue weighted by Crippen LogP contribution is 2.41. The maximum atomic E-state index is 12.7. The molecule has 1 aliphatic carbocycles. The second kappa shape index (κ2) is 6.43. The average Bonchev–Trinajstić information content (AvgIpc) is 2.48. The van der Waals surface area contributed by atoms with Crippen molar-refractivity contribution < 1.29 is 4.79 Å². The molecule has 1 aromatic rings. The number of carbonyl (C=O) groups is 1. The van der Waals surface area contributed by atoms with Crippen LogP contribution in [-0.4, -0.2) is 5.78 Å². The van der Waals surface area contributed by atoms with Gasteiger partial charge >= 0.3 is 0 Å². The molecule has 0 radical (unpaired) electrons. The largest absolute Gasteiger partial charge is 0.298 e. The Balaban J connectivity index is 2.03. The van der Waals surface area contributed by atoms with Crippen LogP contribution in [0.3, 0.4) is 0 Å². The third kappa shape index (κ3) is 3.73. The van der Waals surface area contributed by atoms with E-state index in [1.54, 1.807) is 0 Å². The van der Waals surface area contributed by atoms with E-state index >= 15 is 0 Å². The molecule has 0 N–H and O–H groups in total. The number of Topliss-reactive ketones (excluding diaryl/α,β-unsaturated/α-hetero) is 1. The molecular weight excluding hydrogens is 258 g/mol. The number of nitrogens with zero attached hydrogens (tertiary/aromatic N) is 1. The summed E-state index contributed by atoms with van der Waals surface area (Å²) in [6.45, 7) is 6.84. The van der Waals surface area contributed by atoms with Crippen molar-refractivity contribution in [3.05, 3.63) is 35.9 Å². The van der Waals surface area contributed by atoms with E-state index in [1.807, 2.05) is 30.3 Å². The third-order valence-corrected chi connectivity index (χ3v) is 4.90. The highest BCUT2D eigenvalue weighted by atomic mass is 16.1. The number of rotatable bonds is 3. The van der Waals surface area contributed by atoms with Gasteiger partial charge in [-0.1, -0.05) is 51.1 Å². The lowest BCUT2D eigenvalue weighted by atomic mass is 9.68. The van der Waals surface area contributed by atoms with Crippen LogP contribution in [0.25, 0.3) is 0 Å². The Kier molecular flexibility index (Phi) is 4.83. The van der Waals surface area contributed by atoms with Gasteiger partial charge in [0.15, 0.2) is 5.78 Å². The molecule has 1 fully saturated rings. The quantitative estimate of drug-likeness (QED) is 0.805. The molecule has 21 heavy (non-hydrogen) atoms. The summed E-state index contributed by atoms with van der Waals surface area (Å²) in [5.74, 6) is 0.283. The monoisotopic (exact) mass is 283 g/mol. The molecule has 1 aromatic carbocycles. The van der Waals surface area contributed by atoms with Crippen LogP contribution in [0.1, 0.15) is 57.9 Å². The summed E-state index contributed by atoms with van der Waals surface area (Å²) in [5, 5.41) is 9.39. The molecule has 0 saturated heterocycles. The fourth-order valence-corrected chi connectivity index (χ4v) is 3.43. The highest BCUT2D eigenvalue weighted by molar-refractivity contribution is 5.90. The molecule has 0 heterocycles. The van der Waals surface area contributed by atoms with Gasteiger partial charge in [-0.15, -0.1) is 0 Å². The van der Waals surface area contributed by atoms with Crippen LogP contribution in [-0.2, 0) is 4.79 Å². The van der Waals surface area contributed by atoms with Crippen LogP contribution >= 0.6 is 0 Å². The van der Waals surface area contributed by atoms with Crippen molar-refractivity contribution in [3.8, 4) is 6.07 Å². The SMILES string of the molecule is CC(C)(C)C1CCC(C(=O)C(C#N)c2ccccc2)CC1. The van der Waals surface area contributed by atoms with Crippen LogP contribution in [0.15, 0.2) is 30.3 Å². The van der Waals surface area contributed by atoms with E-state index in [0.29, 0.717) is 11.3 Å². The van der Waals surface area contributed by atoms with Gasteiger partial charge in [-0.3, -0.25) is 4.79 Å². The Bertz CT molecular complexity index is 513. The maximum Gasteiger partial charge on any atom is 0.157 e. The Morgan fingerprint density at radius 2 is 1.71 bits per heavy atom. The van der Waals surface area contributed by atoms with Gasteiger partial charge in [-0.2, -0.15) is 5.26 Å². The molecular formula is C19H25NO. The van der Waals surface area contributed by atoms with Crippen molar-refractivity contribution in [2.24, 2.45) is 17.3 Å². The van der Waals surface area contributed by atoms with E-state index in [0.717, 1.165) is 31.2 Å². The zero-order valence-corrected chi connectivity index (χ0v) is 13.3. The predicted octanol–water partition coefficient (Wildman–Crippen LogP) is 4.72. The number of benzene rings is 1. The van der Waals surface area contributed by atoms with Crippen LogP contribution in [0, 0.1) is 28.6 Å². The Morgan fingerprint density at radius 1 is 1.14 bits per heavy atom. The first-order valence-electron chi connectivity index (χ1n) is 7.91. The zero-order valence-electron chi connectivity index (χ0n) is 13.3. The summed E-state index contributed by atoms with van der Waals surface area (Å²) in [6, 6.07) is 11.7. The van der Waals surface area contributed by atoms with Gasteiger partial charge in [0.05, 0.1) is 6.07 Å². The molecule has 0 aliphatic heterocycles. The molecule has 1 saturated carbocycles. The molecule has 112 valence electrons. The smallest absolute Gasteiger partial charge is 0.157 e. The Labute approximate surface area is 128 Å². The summed E-state index contributed by atoms with van der Waals surface area (Å²) < 4.78 is 0. The van der Waals surface area contributed by atoms with E-state index in [-0.39, 0.29) is 11.7 Å². The number of carbonyl (C=O) groups excluding carboxylic acids is 1. The first kappa shape index (κ1) is 15.8. The van der Waals surface area contributed by atoms with E-state index < -0.39 is 5.92 Å². The minimum atomic E-state index is -0.595. The standard InChI is InChI=1S/C19H25NO/c1-19(2,3)16-11-9-15(10-12-16)18(21)17(13-20)14-7-5-4-6-8-14/h4-8,15-17H,9-12H2,1-3H3. The van der Waals surface area contributed by atoms with Crippen molar-refractivity contribution in [2.45, 2.75) is 52.4 Å². The van der Waals surface area contributed by atoms with Crippen molar-refractivity contribution in [3.63, 3.8) is 0 Å². The van der Waals surface area contributed by atoms with Crippen molar-refractivity contribution in [1.29, 1.82) is 5.26 Å². The fourth-order valence-electron chi connectivity index (χ4n) is 3.43. The van der Waals surface area contributed by atoms with Crippen LogP contribution < -0.4 is 0 Å². The summed E-state index contributed by atoms with van der Waals surface area (Å²) in [7, 11) is 0. The molecule has 0 bridgehead atoms. The van der Waals surface area contributed by atoms with Crippen LogP contribution in [0.2, 0.25) is 0 Å². The molecule has 0 amide bonds. The molecule has 2 rings (SSSR count). The number of hydrogen-bond acceptors (Lipinski definition) is 2. The van der Waals surface area contributed by atoms with Crippen molar-refractivity contribution >= 4 is 5.78 Å². The van der Waals surface area contributed by atoms with Gasteiger partial charge < -0.3 is 0 Å². The van der Waals surface area contributed by atoms with Crippen LogP contribution in [0.4, 0.5) is 0 Å². The normalized spacial score (nSPS) is 24.1. The van der Waals surface area contributed by atoms with E-state index in [4.69, 9.17) is 0 Å². The highest BCUT2D eigenvalue weighted by Gasteiger charge is 2.35. The summed E-state index contributed by atoms with van der Waals surface area (Å²) in [5.41, 5.74) is 1.16. The van der Waals surface area contributed by atoms with Gasteiger partial charge in [0.1, 0.15) is 5.92 Å². The maximum absolute atomic E-state index is 12.7. The van der Waals surface area contributed by atoms with Gasteiger partial charge in [-0.05, 0) is 42.6 Å². The molecule has 1 aliphatic rings. The average molecular weight is 283 g/mol. The lowest BCUT2D eigenvalue weighted by molar-refractivity contribution is -0.124. The Hall–Kier alpha value is -1.62. The molecule has 2 heteroatoms. The number of ketones is 1. The Morgan fingerprint density at radius 3 is 2.19 bits per heavy atom. The van der Waals surface area contributed by atoms with Gasteiger partial charge in [0.2, 0.25) is 0 Å². The fraction of sp³-hybridized carbons (Fsp3) is 0.579. The number of hydrogen-bond donors (Lipinski definition) is 0. The predicted molar refractivity (Wildman–Crippen MR) is 84.7 cm³/mol. The van der Waals surface area contributed by atoms with Crippen molar-refractivity contribution in [2.75, 3.05) is 0 Å². The summed E-state index contributed by atoms with van der Waals surface area (Å²) in [6.07, 6.45) is 4.08. The topological polar surface area (TPSA) is 40.9 Å². The first-order valence-corrected chi connectivity index (χ1v) is 7.91. The van der Waals surface area contributed by atoms with Gasteiger partial charge in [-0.25, -0.2) is 0 Å². The van der Waals surface area contributed by atoms with E-state index in [9.17, 15) is 10.1 Å². The van der Waals surface area contributed by atoms with Gasteiger partial charge in [0, 0.05) is 5.92 Å². The molecule has 1 atom stereocenters. The van der Waals surface area contributed by atoms with E-state index in [2.05, 4.69) is 26.8 Å².